The Labute approximate surface area is 111 Å². The van der Waals surface area contributed by atoms with Crippen LogP contribution in [0.2, 0.25) is 0 Å². The maximum Gasteiger partial charge on any atom is 0.0403 e. The fourth-order valence-electron chi connectivity index (χ4n) is 1.37. The third kappa shape index (κ3) is 3.04. The van der Waals surface area contributed by atoms with Crippen molar-refractivity contribution in [3.63, 3.8) is 0 Å². The highest BCUT2D eigenvalue weighted by Crippen LogP contribution is 2.33. The van der Waals surface area contributed by atoms with Crippen molar-refractivity contribution >= 4 is 47.5 Å². The van der Waals surface area contributed by atoms with Gasteiger partial charge in [0, 0.05) is 26.7 Å². The Morgan fingerprint density at radius 1 is 1.00 bits per heavy atom. The van der Waals surface area contributed by atoms with Crippen molar-refractivity contribution in [3.8, 4) is 10.4 Å². The molecule has 1 aromatic heterocycles. The highest BCUT2D eigenvalue weighted by atomic mass is 35.5. The van der Waals surface area contributed by atoms with E-state index in [4.69, 9.17) is 11.5 Å². The number of halogens is 2. The summed E-state index contributed by atoms with van der Waals surface area (Å²) >= 11 is 1.73. The van der Waals surface area contributed by atoms with Gasteiger partial charge in [0.2, 0.25) is 0 Å². The van der Waals surface area contributed by atoms with Crippen LogP contribution in [-0.4, -0.2) is 0 Å². The van der Waals surface area contributed by atoms with Gasteiger partial charge in [-0.3, -0.25) is 0 Å². The van der Waals surface area contributed by atoms with Crippen molar-refractivity contribution in [1.82, 2.24) is 0 Å². The number of anilines is 2. The lowest BCUT2D eigenvalue weighted by Crippen LogP contribution is -1.91. The maximum absolute atomic E-state index is 5.88. The molecule has 0 saturated heterocycles. The molecule has 0 aliphatic rings. The average molecular weight is 277 g/mol. The van der Waals surface area contributed by atoms with Gasteiger partial charge < -0.3 is 11.5 Å². The molecule has 88 valence electrons. The topological polar surface area (TPSA) is 52.0 Å². The zero-order valence-electron chi connectivity index (χ0n) is 8.77. The van der Waals surface area contributed by atoms with E-state index in [9.17, 15) is 0 Å². The molecule has 0 saturated carbocycles. The Hall–Kier alpha value is -0.900. The summed E-state index contributed by atoms with van der Waals surface area (Å²) < 4.78 is 0. The molecule has 0 atom stereocenters. The van der Waals surface area contributed by atoms with Crippen molar-refractivity contribution in [2.75, 3.05) is 11.5 Å². The minimum atomic E-state index is 0. The van der Waals surface area contributed by atoms with E-state index in [1.165, 1.54) is 9.75 Å². The van der Waals surface area contributed by atoms with Crippen LogP contribution < -0.4 is 11.5 Å². The number of hydrogen-bond donors (Lipinski definition) is 2. The average Bonchev–Trinajstić information content (AvgIpc) is 2.56. The third-order valence-corrected chi connectivity index (χ3v) is 3.12. The Kier molecular flexibility index (Phi) is 5.65. The Bertz CT molecular complexity index is 469. The lowest BCUT2D eigenvalue weighted by atomic mass is 10.1. The second kappa shape index (κ2) is 5.99. The molecule has 16 heavy (non-hydrogen) atoms. The van der Waals surface area contributed by atoms with E-state index in [1.807, 2.05) is 18.2 Å². The Morgan fingerprint density at radius 3 is 2.25 bits per heavy atom. The van der Waals surface area contributed by atoms with Crippen LogP contribution in [0.5, 0.6) is 0 Å². The summed E-state index contributed by atoms with van der Waals surface area (Å²) in [4.78, 5) is 2.45. The van der Waals surface area contributed by atoms with Crippen LogP contribution in [0, 0.1) is 6.92 Å². The number of aryl methyl sites for hydroxylation is 1. The molecule has 0 fully saturated rings. The number of benzene rings is 1. The summed E-state index contributed by atoms with van der Waals surface area (Å²) in [5.74, 6) is 0. The van der Waals surface area contributed by atoms with Crippen molar-refractivity contribution in [2.45, 2.75) is 6.92 Å². The summed E-state index contributed by atoms with van der Waals surface area (Å²) in [6.07, 6.45) is 0. The van der Waals surface area contributed by atoms with Crippen molar-refractivity contribution in [2.24, 2.45) is 0 Å². The van der Waals surface area contributed by atoms with Crippen LogP contribution in [0.15, 0.2) is 30.3 Å². The molecule has 0 unspecified atom stereocenters. The van der Waals surface area contributed by atoms with Crippen LogP contribution in [-0.2, 0) is 0 Å². The second-order valence-corrected chi connectivity index (χ2v) is 4.54. The molecule has 4 N–H and O–H groups in total. The largest absolute Gasteiger partial charge is 0.399 e. The SMILES string of the molecule is Cc1ccc(-c2cc(N)ccc2N)s1.Cl.Cl. The fraction of sp³-hybridized carbons (Fsp3) is 0.0909. The molecule has 0 aliphatic carbocycles. The minimum absolute atomic E-state index is 0. The van der Waals surface area contributed by atoms with Crippen molar-refractivity contribution in [1.29, 1.82) is 0 Å². The molecule has 0 amide bonds. The maximum atomic E-state index is 5.88. The van der Waals surface area contributed by atoms with Gasteiger partial charge >= 0.3 is 0 Å². The standard InChI is InChI=1S/C11H12N2S.2ClH/c1-7-2-5-11(14-7)9-6-8(12)3-4-10(9)13;;/h2-6H,12-13H2,1H3;2*1H. The first-order valence-electron chi connectivity index (χ1n) is 4.38. The molecule has 0 bridgehead atoms. The smallest absolute Gasteiger partial charge is 0.0403 e. The van der Waals surface area contributed by atoms with E-state index >= 15 is 0 Å². The summed E-state index contributed by atoms with van der Waals surface area (Å²) in [6.45, 7) is 2.08. The molecule has 0 spiro atoms. The molecular formula is C11H14Cl2N2S. The van der Waals surface area contributed by atoms with Crippen LogP contribution >= 0.6 is 36.2 Å². The third-order valence-electron chi connectivity index (χ3n) is 2.08. The van der Waals surface area contributed by atoms with E-state index in [0.29, 0.717) is 0 Å². The molecule has 0 radical (unpaired) electrons. The van der Waals surface area contributed by atoms with Gasteiger partial charge in [-0.05, 0) is 37.3 Å². The van der Waals surface area contributed by atoms with Crippen molar-refractivity contribution < 1.29 is 0 Å². The molecule has 5 heteroatoms. The van der Waals surface area contributed by atoms with Gasteiger partial charge in [0.15, 0.2) is 0 Å². The van der Waals surface area contributed by atoms with Gasteiger partial charge in [-0.15, -0.1) is 36.2 Å². The minimum Gasteiger partial charge on any atom is -0.399 e. The van der Waals surface area contributed by atoms with Gasteiger partial charge in [0.05, 0.1) is 0 Å². The number of hydrogen-bond acceptors (Lipinski definition) is 3. The lowest BCUT2D eigenvalue weighted by molar-refractivity contribution is 1.64. The van der Waals surface area contributed by atoms with Crippen LogP contribution in [0.4, 0.5) is 11.4 Å². The summed E-state index contributed by atoms with van der Waals surface area (Å²) in [5.41, 5.74) is 14.2. The number of nitrogen functional groups attached to an aromatic ring is 2. The van der Waals surface area contributed by atoms with Crippen LogP contribution in [0.25, 0.3) is 10.4 Å². The first-order valence-corrected chi connectivity index (χ1v) is 5.20. The molecule has 0 aliphatic heterocycles. The molecular weight excluding hydrogens is 263 g/mol. The van der Waals surface area contributed by atoms with Gasteiger partial charge in [-0.2, -0.15) is 0 Å². The summed E-state index contributed by atoms with van der Waals surface area (Å²) in [6, 6.07) is 9.74. The van der Waals surface area contributed by atoms with Crippen molar-refractivity contribution in [3.05, 3.63) is 35.2 Å². The highest BCUT2D eigenvalue weighted by Gasteiger charge is 2.04. The number of rotatable bonds is 1. The Balaban J connectivity index is 0.00000112. The lowest BCUT2D eigenvalue weighted by Gasteiger charge is -2.03. The first kappa shape index (κ1) is 15.1. The van der Waals surface area contributed by atoms with E-state index in [1.54, 1.807) is 11.3 Å². The van der Waals surface area contributed by atoms with Crippen LogP contribution in [0.3, 0.4) is 0 Å². The summed E-state index contributed by atoms with van der Waals surface area (Å²) in [5, 5.41) is 0. The molecule has 2 rings (SSSR count). The molecule has 2 nitrogen and oxygen atoms in total. The van der Waals surface area contributed by atoms with E-state index in [2.05, 4.69) is 19.1 Å². The normalized spacial score (nSPS) is 9.06. The quantitative estimate of drug-likeness (QED) is 0.780. The van der Waals surface area contributed by atoms with E-state index < -0.39 is 0 Å². The highest BCUT2D eigenvalue weighted by molar-refractivity contribution is 7.15. The predicted octanol–water partition coefficient (Wildman–Crippen LogP) is 3.73. The Morgan fingerprint density at radius 2 is 1.69 bits per heavy atom. The van der Waals surface area contributed by atoms with Gasteiger partial charge in [-0.1, -0.05) is 0 Å². The van der Waals surface area contributed by atoms with E-state index in [-0.39, 0.29) is 24.8 Å². The fourth-order valence-corrected chi connectivity index (χ4v) is 2.27. The van der Waals surface area contributed by atoms with Gasteiger partial charge in [-0.25, -0.2) is 0 Å². The van der Waals surface area contributed by atoms with Crippen LogP contribution in [0.1, 0.15) is 4.88 Å². The van der Waals surface area contributed by atoms with Gasteiger partial charge in [0.25, 0.3) is 0 Å². The zero-order valence-corrected chi connectivity index (χ0v) is 11.2. The predicted molar refractivity (Wildman–Crippen MR) is 77.8 cm³/mol. The van der Waals surface area contributed by atoms with E-state index in [0.717, 1.165) is 16.9 Å². The first-order chi connectivity index (χ1) is 6.66. The second-order valence-electron chi connectivity index (χ2n) is 3.26. The van der Waals surface area contributed by atoms with Gasteiger partial charge in [0.1, 0.15) is 0 Å². The molecule has 1 heterocycles. The summed E-state index contributed by atoms with van der Waals surface area (Å²) in [7, 11) is 0. The number of nitrogens with two attached hydrogens (primary N) is 2. The monoisotopic (exact) mass is 276 g/mol. The molecule has 2 aromatic rings. The molecule has 1 aromatic carbocycles. The number of thiophene rings is 1. The zero-order chi connectivity index (χ0) is 10.1.